The zero-order valence-corrected chi connectivity index (χ0v) is 9.47. The Morgan fingerprint density at radius 3 is 1.58 bits per heavy atom. The lowest BCUT2D eigenvalue weighted by Gasteiger charge is -1.97. The third kappa shape index (κ3) is 12.2. The summed E-state index contributed by atoms with van der Waals surface area (Å²) in [6, 6.07) is 8.71. The van der Waals surface area contributed by atoms with E-state index in [1.165, 1.54) is 0 Å². The minimum absolute atomic E-state index is 0.322. The van der Waals surface area contributed by atoms with Crippen LogP contribution in [0.1, 0.15) is 0 Å². The molecule has 0 heterocycles. The molecule has 3 heteroatoms. The smallest absolute Gasteiger partial charge is 0.147 e. The van der Waals surface area contributed by atoms with Gasteiger partial charge in [0.1, 0.15) is 13.1 Å². The van der Waals surface area contributed by atoms with Gasteiger partial charge in [-0.2, -0.15) is 11.1 Å². The van der Waals surface area contributed by atoms with Gasteiger partial charge < -0.3 is 5.11 Å². The Hall–Kier alpha value is -0.473. The second-order valence-electron chi connectivity index (χ2n) is 3.40. The summed E-state index contributed by atoms with van der Waals surface area (Å²) in [5.41, 5.74) is 0. The average Bonchev–Trinajstić information content (AvgIpc) is 1.85. The highest BCUT2D eigenvalue weighted by Crippen LogP contribution is 2.03. The number of halogens is 1. The number of benzene rings is 1. The highest BCUT2D eigenvalue weighted by Gasteiger charge is 2.04. The number of rotatable bonds is 0. The van der Waals surface area contributed by atoms with Crippen LogP contribution in [0.4, 0.5) is 0 Å². The highest BCUT2D eigenvalue weighted by molar-refractivity contribution is 7.18. The van der Waals surface area contributed by atoms with Crippen LogP contribution >= 0.6 is 11.1 Å². The fourth-order valence-electron chi connectivity index (χ4n) is 0.428. The van der Waals surface area contributed by atoms with Crippen molar-refractivity contribution < 1.29 is 5.11 Å². The monoisotopic (exact) mass is 202 g/mol. The van der Waals surface area contributed by atoms with Crippen LogP contribution in [0, 0.1) is 0 Å². The van der Waals surface area contributed by atoms with Crippen molar-refractivity contribution in [3.05, 3.63) is 30.3 Å². The quantitative estimate of drug-likeness (QED) is 0.505. The summed E-state index contributed by atoms with van der Waals surface area (Å²) >= 11 is 5.67. The molecule has 0 spiro atoms. The first kappa shape index (κ1) is 11.5. The third-order valence-corrected chi connectivity index (χ3v) is 0.756. The van der Waals surface area contributed by atoms with Crippen molar-refractivity contribution in [2.45, 2.75) is 19.6 Å². The number of phenols is 1. The minimum Gasteiger partial charge on any atom is -0.508 e. The third-order valence-electron chi connectivity index (χ3n) is 0.756. The van der Waals surface area contributed by atoms with Gasteiger partial charge in [0.05, 0.1) is 0 Å². The Labute approximate surface area is 79.7 Å². The molecule has 0 aliphatic heterocycles. The standard InChI is InChI=1S/C6H6O.C3H9ClSi/c7-6-4-2-1-3-5-6;1-5(2,3)4/h1-5,7H;1-3H3. The molecule has 0 aliphatic carbocycles. The minimum atomic E-state index is -1.14. The predicted molar refractivity (Wildman–Crippen MR) is 57.3 cm³/mol. The van der Waals surface area contributed by atoms with Crippen LogP contribution in [-0.4, -0.2) is 12.5 Å². The van der Waals surface area contributed by atoms with Gasteiger partial charge >= 0.3 is 0 Å². The van der Waals surface area contributed by atoms with Gasteiger partial charge in [0.2, 0.25) is 0 Å². The molecule has 1 nitrogen and oxygen atoms in total. The maximum Gasteiger partial charge on any atom is 0.147 e. The van der Waals surface area contributed by atoms with Crippen LogP contribution in [0.25, 0.3) is 0 Å². The molecule has 0 fully saturated rings. The summed E-state index contributed by atoms with van der Waals surface area (Å²) in [5, 5.41) is 8.63. The molecule has 0 radical (unpaired) electrons. The lowest BCUT2D eigenvalue weighted by atomic mass is 10.3. The van der Waals surface area contributed by atoms with Crippen molar-refractivity contribution in [1.29, 1.82) is 0 Å². The van der Waals surface area contributed by atoms with Gasteiger partial charge in [-0.3, -0.25) is 0 Å². The fourth-order valence-corrected chi connectivity index (χ4v) is 0.428. The molecule has 0 saturated heterocycles. The van der Waals surface area contributed by atoms with Crippen LogP contribution in [0.5, 0.6) is 5.75 Å². The number of aromatic hydroxyl groups is 1. The average molecular weight is 203 g/mol. The molecule has 68 valence electrons. The van der Waals surface area contributed by atoms with E-state index in [9.17, 15) is 0 Å². The van der Waals surface area contributed by atoms with Gasteiger partial charge in [0, 0.05) is 0 Å². The lowest BCUT2D eigenvalue weighted by Crippen LogP contribution is -2.06. The van der Waals surface area contributed by atoms with E-state index < -0.39 is 7.38 Å². The van der Waals surface area contributed by atoms with Crippen LogP contribution < -0.4 is 0 Å². The van der Waals surface area contributed by atoms with E-state index >= 15 is 0 Å². The lowest BCUT2D eigenvalue weighted by molar-refractivity contribution is 0.475. The molecule has 0 aromatic heterocycles. The molecule has 0 saturated carbocycles. The van der Waals surface area contributed by atoms with E-state index in [-0.39, 0.29) is 0 Å². The van der Waals surface area contributed by atoms with E-state index in [1.54, 1.807) is 24.3 Å². The number of phenolic OH excluding ortho intramolecular Hbond substituents is 1. The van der Waals surface area contributed by atoms with Crippen molar-refractivity contribution in [2.75, 3.05) is 0 Å². The van der Waals surface area contributed by atoms with Gasteiger partial charge in [-0.1, -0.05) is 37.8 Å². The van der Waals surface area contributed by atoms with Crippen molar-refractivity contribution in [2.24, 2.45) is 0 Å². The summed E-state index contributed by atoms with van der Waals surface area (Å²) in [6.07, 6.45) is 0. The van der Waals surface area contributed by atoms with Crippen molar-refractivity contribution in [3.63, 3.8) is 0 Å². The first-order chi connectivity index (χ1) is 5.39. The molecule has 12 heavy (non-hydrogen) atoms. The second-order valence-corrected chi connectivity index (χ2v) is 10.9. The van der Waals surface area contributed by atoms with Gasteiger partial charge in [-0.15, -0.1) is 0 Å². The number of hydrogen-bond donors (Lipinski definition) is 1. The maximum atomic E-state index is 8.63. The molecule has 1 N–H and O–H groups in total. The first-order valence-electron chi connectivity index (χ1n) is 3.82. The van der Waals surface area contributed by atoms with E-state index in [0.29, 0.717) is 5.75 Å². The van der Waals surface area contributed by atoms with E-state index in [2.05, 4.69) is 19.6 Å². The van der Waals surface area contributed by atoms with Gasteiger partial charge in [-0.25, -0.2) is 0 Å². The number of hydrogen-bond acceptors (Lipinski definition) is 1. The second kappa shape index (κ2) is 5.22. The van der Waals surface area contributed by atoms with Crippen LogP contribution in [-0.2, 0) is 0 Å². The molecular weight excluding hydrogens is 188 g/mol. The van der Waals surface area contributed by atoms with Crippen LogP contribution in [0.2, 0.25) is 19.6 Å². The van der Waals surface area contributed by atoms with Gasteiger partial charge in [-0.05, 0) is 12.1 Å². The molecule has 0 atom stereocenters. The van der Waals surface area contributed by atoms with Crippen LogP contribution in [0.3, 0.4) is 0 Å². The number of para-hydroxylation sites is 1. The van der Waals surface area contributed by atoms with Gasteiger partial charge in [0.15, 0.2) is 0 Å². The molecule has 0 amide bonds. The van der Waals surface area contributed by atoms with E-state index in [1.807, 2.05) is 6.07 Å². The normalized spacial score (nSPS) is 10.0. The van der Waals surface area contributed by atoms with Crippen molar-refractivity contribution in [3.8, 4) is 5.75 Å². The van der Waals surface area contributed by atoms with E-state index in [0.717, 1.165) is 0 Å². The Kier molecular flexibility index (Phi) is 5.02. The Balaban J connectivity index is 0.000000217. The molecule has 0 unspecified atom stereocenters. The zero-order chi connectivity index (χ0) is 9.61. The predicted octanol–water partition coefficient (Wildman–Crippen LogP) is 3.45. The molecule has 0 aliphatic rings. The molecule has 1 aromatic carbocycles. The van der Waals surface area contributed by atoms with Gasteiger partial charge in [0.25, 0.3) is 0 Å². The summed E-state index contributed by atoms with van der Waals surface area (Å²) in [6.45, 7) is 6.28. The fraction of sp³-hybridized carbons (Fsp3) is 0.333. The molecule has 0 bridgehead atoms. The summed E-state index contributed by atoms with van der Waals surface area (Å²) in [5.74, 6) is 0.322. The summed E-state index contributed by atoms with van der Waals surface area (Å²) in [7, 11) is -1.14. The van der Waals surface area contributed by atoms with Crippen molar-refractivity contribution >= 4 is 18.5 Å². The topological polar surface area (TPSA) is 20.2 Å². The maximum absolute atomic E-state index is 8.63. The first-order valence-corrected chi connectivity index (χ1v) is 8.34. The Morgan fingerprint density at radius 1 is 1.08 bits per heavy atom. The zero-order valence-electron chi connectivity index (χ0n) is 7.71. The highest BCUT2D eigenvalue weighted by atomic mass is 35.6. The SMILES string of the molecule is C[Si](C)(C)Cl.Oc1ccccc1. The summed E-state index contributed by atoms with van der Waals surface area (Å²) < 4.78 is 0. The van der Waals surface area contributed by atoms with Crippen LogP contribution in [0.15, 0.2) is 30.3 Å². The summed E-state index contributed by atoms with van der Waals surface area (Å²) in [4.78, 5) is 0. The molecule has 1 rings (SSSR count). The molecule has 1 aromatic rings. The molecular formula is C9H15ClOSi. The Bertz CT molecular complexity index is 200. The largest absolute Gasteiger partial charge is 0.508 e. The Morgan fingerprint density at radius 2 is 1.42 bits per heavy atom. The van der Waals surface area contributed by atoms with Crippen molar-refractivity contribution in [1.82, 2.24) is 0 Å². The van der Waals surface area contributed by atoms with E-state index in [4.69, 9.17) is 16.2 Å².